The maximum atomic E-state index is 4.46. The third kappa shape index (κ3) is 3.43. The van der Waals surface area contributed by atoms with Gasteiger partial charge in [-0.15, -0.1) is 0 Å². The molecule has 0 aliphatic carbocycles. The van der Waals surface area contributed by atoms with Gasteiger partial charge in [-0.25, -0.2) is 15.0 Å². The predicted octanol–water partition coefficient (Wildman–Crippen LogP) is 1.93. The highest BCUT2D eigenvalue weighted by Gasteiger charge is 2.06. The molecule has 22 heavy (non-hydrogen) atoms. The minimum Gasteiger partial charge on any atom is -0.354 e. The molecule has 0 aliphatic heterocycles. The second kappa shape index (κ2) is 6.30. The Bertz CT molecular complexity index is 731. The predicted molar refractivity (Wildman–Crippen MR) is 83.3 cm³/mol. The summed E-state index contributed by atoms with van der Waals surface area (Å²) in [6.45, 7) is 4.59. The lowest BCUT2D eigenvalue weighted by Gasteiger charge is -2.05. The van der Waals surface area contributed by atoms with E-state index in [0.29, 0.717) is 24.7 Å². The van der Waals surface area contributed by atoms with Crippen LogP contribution in [0, 0.1) is 13.8 Å². The summed E-state index contributed by atoms with van der Waals surface area (Å²) < 4.78 is 0. The summed E-state index contributed by atoms with van der Waals surface area (Å²) in [6.07, 6.45) is 4.18. The minimum absolute atomic E-state index is 0.643. The molecule has 3 aromatic rings. The summed E-state index contributed by atoms with van der Waals surface area (Å²) >= 11 is 0. The lowest BCUT2D eigenvalue weighted by atomic mass is 10.3. The van der Waals surface area contributed by atoms with E-state index in [1.54, 1.807) is 12.4 Å². The second-order valence-corrected chi connectivity index (χ2v) is 5.00. The Hall–Kier alpha value is -2.83. The fourth-order valence-corrected chi connectivity index (χ4v) is 2.13. The van der Waals surface area contributed by atoms with Gasteiger partial charge >= 0.3 is 0 Å². The third-order valence-electron chi connectivity index (χ3n) is 3.08. The van der Waals surface area contributed by atoms with Crippen LogP contribution in [0.4, 0.5) is 5.95 Å². The summed E-state index contributed by atoms with van der Waals surface area (Å²) in [5.74, 6) is 2.12. The van der Waals surface area contributed by atoms with Gasteiger partial charge in [0.2, 0.25) is 5.95 Å². The number of nitrogens with one attached hydrogen (secondary N) is 2. The number of aromatic nitrogens is 6. The van der Waals surface area contributed by atoms with Crippen molar-refractivity contribution in [3.05, 3.63) is 47.8 Å². The highest BCUT2D eigenvalue weighted by molar-refractivity contribution is 5.52. The van der Waals surface area contributed by atoms with Crippen molar-refractivity contribution in [2.24, 2.45) is 0 Å². The van der Waals surface area contributed by atoms with E-state index in [4.69, 9.17) is 0 Å². The normalized spacial score (nSPS) is 10.6. The molecule has 0 radical (unpaired) electrons. The van der Waals surface area contributed by atoms with Gasteiger partial charge in [-0.05, 0) is 32.0 Å². The molecule has 112 valence electrons. The highest BCUT2D eigenvalue weighted by Crippen LogP contribution is 2.12. The van der Waals surface area contributed by atoms with Crippen molar-refractivity contribution in [3.63, 3.8) is 0 Å². The Balaban J connectivity index is 1.59. The van der Waals surface area contributed by atoms with Crippen molar-refractivity contribution in [2.75, 3.05) is 11.9 Å². The molecule has 0 spiro atoms. The quantitative estimate of drug-likeness (QED) is 0.747. The van der Waals surface area contributed by atoms with E-state index in [1.165, 1.54) is 0 Å². The largest absolute Gasteiger partial charge is 0.354 e. The first-order chi connectivity index (χ1) is 10.7. The maximum absolute atomic E-state index is 4.46. The summed E-state index contributed by atoms with van der Waals surface area (Å²) in [6, 6.07) is 5.74. The highest BCUT2D eigenvalue weighted by atomic mass is 15.2. The van der Waals surface area contributed by atoms with E-state index in [1.807, 2.05) is 32.0 Å². The van der Waals surface area contributed by atoms with Crippen LogP contribution >= 0.6 is 0 Å². The van der Waals surface area contributed by atoms with Gasteiger partial charge in [-0.3, -0.25) is 10.1 Å². The van der Waals surface area contributed by atoms with Crippen molar-refractivity contribution in [3.8, 4) is 11.4 Å². The molecule has 0 unspecified atom stereocenters. The molecular formula is C15H17N7. The summed E-state index contributed by atoms with van der Waals surface area (Å²) in [5.41, 5.74) is 2.80. The zero-order chi connectivity index (χ0) is 15.4. The van der Waals surface area contributed by atoms with E-state index < -0.39 is 0 Å². The molecule has 0 atom stereocenters. The first-order valence-electron chi connectivity index (χ1n) is 7.08. The number of rotatable bonds is 5. The molecule has 0 saturated heterocycles. The summed E-state index contributed by atoms with van der Waals surface area (Å²) in [4.78, 5) is 17.2. The van der Waals surface area contributed by atoms with Crippen molar-refractivity contribution in [2.45, 2.75) is 20.3 Å². The van der Waals surface area contributed by atoms with Crippen molar-refractivity contribution in [1.82, 2.24) is 30.1 Å². The van der Waals surface area contributed by atoms with Crippen LogP contribution < -0.4 is 5.32 Å². The van der Waals surface area contributed by atoms with Crippen LogP contribution in [0.15, 0.2) is 30.6 Å². The first-order valence-corrected chi connectivity index (χ1v) is 7.08. The fraction of sp³-hybridized carbons (Fsp3) is 0.267. The molecule has 3 heterocycles. The monoisotopic (exact) mass is 295 g/mol. The van der Waals surface area contributed by atoms with Crippen molar-refractivity contribution < 1.29 is 0 Å². The molecule has 3 aromatic heterocycles. The van der Waals surface area contributed by atoms with Gasteiger partial charge in [0, 0.05) is 42.3 Å². The minimum atomic E-state index is 0.643. The van der Waals surface area contributed by atoms with Crippen LogP contribution in [0.2, 0.25) is 0 Å². The van der Waals surface area contributed by atoms with Crippen molar-refractivity contribution >= 4 is 5.95 Å². The number of nitrogens with zero attached hydrogens (tertiary/aromatic N) is 5. The number of hydrogen-bond acceptors (Lipinski definition) is 6. The van der Waals surface area contributed by atoms with Gasteiger partial charge in [0.15, 0.2) is 5.82 Å². The SMILES string of the molecule is Cc1cc(C)nc(NCCc2nc(-c3cccnc3)n[nH]2)n1. The van der Waals surface area contributed by atoms with E-state index in [9.17, 15) is 0 Å². The standard InChI is InChI=1S/C15H17N7/c1-10-8-11(2)19-15(18-10)17-7-5-13-20-14(22-21-13)12-4-3-6-16-9-12/h3-4,6,8-9H,5,7H2,1-2H3,(H,17,18,19)(H,20,21,22). The zero-order valence-electron chi connectivity index (χ0n) is 12.5. The van der Waals surface area contributed by atoms with Crippen LogP contribution in [0.5, 0.6) is 0 Å². The zero-order valence-corrected chi connectivity index (χ0v) is 12.5. The molecule has 0 fully saturated rings. The topological polar surface area (TPSA) is 92.3 Å². The van der Waals surface area contributed by atoms with Crippen LogP contribution in [-0.4, -0.2) is 36.7 Å². The van der Waals surface area contributed by atoms with E-state index in [0.717, 1.165) is 22.8 Å². The van der Waals surface area contributed by atoms with Crippen LogP contribution in [0.25, 0.3) is 11.4 Å². The number of pyridine rings is 1. The molecule has 0 bridgehead atoms. The first kappa shape index (κ1) is 14.1. The molecule has 3 rings (SSSR count). The van der Waals surface area contributed by atoms with Gasteiger partial charge in [0.25, 0.3) is 0 Å². The molecular weight excluding hydrogens is 278 g/mol. The lowest BCUT2D eigenvalue weighted by molar-refractivity contribution is 0.886. The molecule has 2 N–H and O–H groups in total. The third-order valence-corrected chi connectivity index (χ3v) is 3.08. The molecule has 7 heteroatoms. The second-order valence-electron chi connectivity index (χ2n) is 5.00. The molecule has 0 aliphatic rings. The molecule has 0 amide bonds. The Morgan fingerprint density at radius 2 is 1.95 bits per heavy atom. The summed E-state index contributed by atoms with van der Waals surface area (Å²) in [7, 11) is 0. The Labute approximate surface area is 128 Å². The average Bonchev–Trinajstić information content (AvgIpc) is 2.96. The molecule has 7 nitrogen and oxygen atoms in total. The van der Waals surface area contributed by atoms with Gasteiger partial charge in [-0.1, -0.05) is 0 Å². The summed E-state index contributed by atoms with van der Waals surface area (Å²) in [5, 5.41) is 10.4. The Morgan fingerprint density at radius 3 is 2.68 bits per heavy atom. The van der Waals surface area contributed by atoms with Crippen LogP contribution in [0.1, 0.15) is 17.2 Å². The number of aryl methyl sites for hydroxylation is 2. The van der Waals surface area contributed by atoms with E-state index in [2.05, 4.69) is 35.5 Å². The van der Waals surface area contributed by atoms with Crippen LogP contribution in [-0.2, 0) is 6.42 Å². The van der Waals surface area contributed by atoms with Gasteiger partial charge in [-0.2, -0.15) is 5.10 Å². The van der Waals surface area contributed by atoms with E-state index in [-0.39, 0.29) is 0 Å². The number of H-pyrrole nitrogens is 1. The van der Waals surface area contributed by atoms with Crippen LogP contribution in [0.3, 0.4) is 0 Å². The van der Waals surface area contributed by atoms with E-state index >= 15 is 0 Å². The molecule has 0 saturated carbocycles. The van der Waals surface area contributed by atoms with Crippen molar-refractivity contribution in [1.29, 1.82) is 0 Å². The lowest BCUT2D eigenvalue weighted by Crippen LogP contribution is -2.09. The Morgan fingerprint density at radius 1 is 1.14 bits per heavy atom. The number of aromatic amines is 1. The molecule has 0 aromatic carbocycles. The average molecular weight is 295 g/mol. The Kier molecular flexibility index (Phi) is 4.04. The van der Waals surface area contributed by atoms with Gasteiger partial charge < -0.3 is 5.32 Å². The van der Waals surface area contributed by atoms with Gasteiger partial charge in [0.05, 0.1) is 0 Å². The maximum Gasteiger partial charge on any atom is 0.223 e. The van der Waals surface area contributed by atoms with Gasteiger partial charge in [0.1, 0.15) is 5.82 Å². The number of hydrogen-bond donors (Lipinski definition) is 2. The number of anilines is 1. The fourth-order valence-electron chi connectivity index (χ4n) is 2.13. The smallest absolute Gasteiger partial charge is 0.223 e.